The fraction of sp³-hybridized carbons (Fsp3) is 0.533. The SMILES string of the molecule is O=C(O)C1(c2cccc(OC3CCCC3)c2)CC1. The minimum Gasteiger partial charge on any atom is -0.490 e. The summed E-state index contributed by atoms with van der Waals surface area (Å²) in [5.41, 5.74) is 0.264. The van der Waals surface area contributed by atoms with Crippen molar-refractivity contribution >= 4 is 5.97 Å². The zero-order valence-electron chi connectivity index (χ0n) is 10.4. The molecule has 0 atom stereocenters. The van der Waals surface area contributed by atoms with Crippen LogP contribution in [0.4, 0.5) is 0 Å². The van der Waals surface area contributed by atoms with Crippen molar-refractivity contribution in [2.75, 3.05) is 0 Å². The molecule has 1 aromatic carbocycles. The Morgan fingerprint density at radius 2 is 2.00 bits per heavy atom. The second kappa shape index (κ2) is 4.30. The normalized spacial score (nSPS) is 21.8. The lowest BCUT2D eigenvalue weighted by atomic mass is 9.96. The van der Waals surface area contributed by atoms with Crippen molar-refractivity contribution in [2.24, 2.45) is 0 Å². The Labute approximate surface area is 107 Å². The molecular formula is C15H18O3. The highest BCUT2D eigenvalue weighted by Gasteiger charge is 2.51. The van der Waals surface area contributed by atoms with E-state index in [-0.39, 0.29) is 0 Å². The van der Waals surface area contributed by atoms with Crippen molar-refractivity contribution in [1.29, 1.82) is 0 Å². The molecule has 18 heavy (non-hydrogen) atoms. The zero-order chi connectivity index (χ0) is 12.6. The predicted molar refractivity (Wildman–Crippen MR) is 67.9 cm³/mol. The number of ether oxygens (including phenoxy) is 1. The van der Waals surface area contributed by atoms with E-state index < -0.39 is 11.4 Å². The Balaban J connectivity index is 1.79. The third-order valence-corrected chi connectivity index (χ3v) is 4.15. The summed E-state index contributed by atoms with van der Waals surface area (Å²) in [7, 11) is 0. The average molecular weight is 246 g/mol. The van der Waals surface area contributed by atoms with E-state index in [2.05, 4.69) is 0 Å². The number of hydrogen-bond donors (Lipinski definition) is 1. The van der Waals surface area contributed by atoms with Gasteiger partial charge in [0.1, 0.15) is 5.75 Å². The van der Waals surface area contributed by atoms with E-state index in [4.69, 9.17) is 4.74 Å². The maximum atomic E-state index is 11.3. The fourth-order valence-electron chi connectivity index (χ4n) is 2.82. The summed E-state index contributed by atoms with van der Waals surface area (Å²) in [6.07, 6.45) is 6.53. The summed E-state index contributed by atoms with van der Waals surface area (Å²) >= 11 is 0. The van der Waals surface area contributed by atoms with Crippen molar-refractivity contribution in [1.82, 2.24) is 0 Å². The molecule has 3 rings (SSSR count). The summed E-state index contributed by atoms with van der Waals surface area (Å²) in [6.45, 7) is 0. The third-order valence-electron chi connectivity index (χ3n) is 4.15. The van der Waals surface area contributed by atoms with Crippen LogP contribution >= 0.6 is 0 Å². The quantitative estimate of drug-likeness (QED) is 0.887. The molecule has 0 amide bonds. The molecule has 96 valence electrons. The molecule has 3 heteroatoms. The number of aliphatic carboxylic acids is 1. The highest BCUT2D eigenvalue weighted by atomic mass is 16.5. The van der Waals surface area contributed by atoms with Crippen LogP contribution in [0, 0.1) is 0 Å². The smallest absolute Gasteiger partial charge is 0.314 e. The van der Waals surface area contributed by atoms with Crippen molar-refractivity contribution in [3.05, 3.63) is 29.8 Å². The number of carboxylic acids is 1. The minimum absolute atomic E-state index is 0.320. The zero-order valence-corrected chi connectivity index (χ0v) is 10.4. The number of benzene rings is 1. The molecule has 0 unspecified atom stereocenters. The van der Waals surface area contributed by atoms with Crippen LogP contribution in [0.2, 0.25) is 0 Å². The van der Waals surface area contributed by atoms with Crippen molar-refractivity contribution in [3.63, 3.8) is 0 Å². The van der Waals surface area contributed by atoms with Crippen molar-refractivity contribution in [2.45, 2.75) is 50.0 Å². The van der Waals surface area contributed by atoms with Gasteiger partial charge in [-0.3, -0.25) is 4.79 Å². The molecule has 1 aromatic rings. The molecule has 2 aliphatic carbocycles. The largest absolute Gasteiger partial charge is 0.490 e. The van der Waals surface area contributed by atoms with Crippen molar-refractivity contribution < 1.29 is 14.6 Å². The van der Waals surface area contributed by atoms with E-state index in [9.17, 15) is 9.90 Å². The molecule has 0 aliphatic heterocycles. The van der Waals surface area contributed by atoms with Gasteiger partial charge in [0.2, 0.25) is 0 Å². The van der Waals surface area contributed by atoms with Crippen LogP contribution in [0.5, 0.6) is 5.75 Å². The van der Waals surface area contributed by atoms with Gasteiger partial charge < -0.3 is 9.84 Å². The first-order valence-corrected chi connectivity index (χ1v) is 6.71. The first-order chi connectivity index (χ1) is 8.71. The highest BCUT2D eigenvalue weighted by molar-refractivity contribution is 5.85. The molecule has 2 aliphatic rings. The second-order valence-electron chi connectivity index (χ2n) is 5.44. The molecule has 2 saturated carbocycles. The molecule has 1 N–H and O–H groups in total. The summed E-state index contributed by atoms with van der Waals surface area (Å²) in [5.74, 6) is 0.118. The van der Waals surface area contributed by atoms with Gasteiger partial charge >= 0.3 is 5.97 Å². The molecular weight excluding hydrogens is 228 g/mol. The summed E-state index contributed by atoms with van der Waals surface area (Å²) in [5, 5.41) is 9.29. The fourth-order valence-corrected chi connectivity index (χ4v) is 2.82. The molecule has 0 aromatic heterocycles. The summed E-state index contributed by atoms with van der Waals surface area (Å²) < 4.78 is 5.93. The van der Waals surface area contributed by atoms with Crippen LogP contribution in [0.15, 0.2) is 24.3 Å². The lowest BCUT2D eigenvalue weighted by Gasteiger charge is -2.16. The van der Waals surface area contributed by atoms with E-state index in [0.717, 1.165) is 37.0 Å². The van der Waals surface area contributed by atoms with Crippen LogP contribution < -0.4 is 4.74 Å². The molecule has 0 bridgehead atoms. The number of rotatable bonds is 4. The number of carboxylic acid groups (broad SMARTS) is 1. The van der Waals surface area contributed by atoms with Gasteiger partial charge in [-0.1, -0.05) is 12.1 Å². The lowest BCUT2D eigenvalue weighted by Crippen LogP contribution is -2.19. The van der Waals surface area contributed by atoms with Crippen LogP contribution in [0.3, 0.4) is 0 Å². The standard InChI is InChI=1S/C15H18O3/c16-14(17)15(8-9-15)11-4-3-7-13(10-11)18-12-5-1-2-6-12/h3-4,7,10,12H,1-2,5-6,8-9H2,(H,16,17). The Morgan fingerprint density at radius 3 is 2.61 bits per heavy atom. The number of hydrogen-bond acceptors (Lipinski definition) is 2. The van der Waals surface area contributed by atoms with E-state index in [1.807, 2.05) is 24.3 Å². The Morgan fingerprint density at radius 1 is 1.28 bits per heavy atom. The Kier molecular flexibility index (Phi) is 2.77. The highest BCUT2D eigenvalue weighted by Crippen LogP contribution is 2.49. The third kappa shape index (κ3) is 1.98. The van der Waals surface area contributed by atoms with Gasteiger partial charge in [0.05, 0.1) is 11.5 Å². The van der Waals surface area contributed by atoms with Crippen LogP contribution in [-0.2, 0) is 10.2 Å². The van der Waals surface area contributed by atoms with E-state index in [1.165, 1.54) is 12.8 Å². The van der Waals surface area contributed by atoms with Gasteiger partial charge in [-0.2, -0.15) is 0 Å². The molecule has 3 nitrogen and oxygen atoms in total. The van der Waals surface area contributed by atoms with Crippen LogP contribution in [0.25, 0.3) is 0 Å². The van der Waals surface area contributed by atoms with E-state index in [1.54, 1.807) is 0 Å². The monoisotopic (exact) mass is 246 g/mol. The first-order valence-electron chi connectivity index (χ1n) is 6.71. The van der Waals surface area contributed by atoms with Gasteiger partial charge in [0.25, 0.3) is 0 Å². The Hall–Kier alpha value is -1.51. The van der Waals surface area contributed by atoms with E-state index in [0.29, 0.717) is 6.10 Å². The lowest BCUT2D eigenvalue weighted by molar-refractivity contribution is -0.140. The molecule has 0 heterocycles. The van der Waals surface area contributed by atoms with Gasteiger partial charge in [0, 0.05) is 0 Å². The van der Waals surface area contributed by atoms with Crippen molar-refractivity contribution in [3.8, 4) is 5.75 Å². The van der Waals surface area contributed by atoms with E-state index >= 15 is 0 Å². The van der Waals surface area contributed by atoms with Crippen LogP contribution in [-0.4, -0.2) is 17.2 Å². The van der Waals surface area contributed by atoms with Gasteiger partial charge in [-0.15, -0.1) is 0 Å². The summed E-state index contributed by atoms with van der Waals surface area (Å²) in [4.78, 5) is 11.3. The summed E-state index contributed by atoms with van der Waals surface area (Å²) in [6, 6.07) is 7.66. The molecule has 0 radical (unpaired) electrons. The molecule has 0 saturated heterocycles. The van der Waals surface area contributed by atoms with Crippen LogP contribution in [0.1, 0.15) is 44.1 Å². The maximum Gasteiger partial charge on any atom is 0.314 e. The number of carbonyl (C=O) groups is 1. The first kappa shape index (κ1) is 11.6. The minimum atomic E-state index is -0.708. The predicted octanol–water partition coefficient (Wildman–Crippen LogP) is 3.12. The maximum absolute atomic E-state index is 11.3. The molecule has 0 spiro atoms. The van der Waals surface area contributed by atoms with Gasteiger partial charge in [-0.05, 0) is 56.2 Å². The Bertz CT molecular complexity index is 457. The topological polar surface area (TPSA) is 46.5 Å². The van der Waals surface area contributed by atoms with Gasteiger partial charge in [-0.25, -0.2) is 0 Å². The average Bonchev–Trinajstić information content (AvgIpc) is 3.04. The van der Waals surface area contributed by atoms with Gasteiger partial charge in [0.15, 0.2) is 0 Å². The second-order valence-corrected chi connectivity index (χ2v) is 5.44. The molecule has 2 fully saturated rings.